The minimum atomic E-state index is -1.14. The second-order valence-corrected chi connectivity index (χ2v) is 4.40. The van der Waals surface area contributed by atoms with E-state index in [1.807, 2.05) is 0 Å². The number of hydrogen-bond donors (Lipinski definition) is 3. The van der Waals surface area contributed by atoms with Crippen LogP contribution in [0.5, 0.6) is 0 Å². The van der Waals surface area contributed by atoms with E-state index in [1.54, 1.807) is 20.8 Å². The van der Waals surface area contributed by atoms with Crippen LogP contribution in [0.3, 0.4) is 0 Å². The Balaban J connectivity index is 3.11. The number of nitrogens with one attached hydrogen (secondary N) is 1. The van der Waals surface area contributed by atoms with Crippen molar-refractivity contribution in [3.8, 4) is 0 Å². The molecule has 5 nitrogen and oxygen atoms in total. The van der Waals surface area contributed by atoms with E-state index in [2.05, 4.69) is 5.32 Å². The summed E-state index contributed by atoms with van der Waals surface area (Å²) < 4.78 is 0. The molecule has 86 valence electrons. The van der Waals surface area contributed by atoms with Gasteiger partial charge >= 0.3 is 11.9 Å². The number of rotatable bonds is 3. The van der Waals surface area contributed by atoms with Gasteiger partial charge < -0.3 is 15.5 Å². The van der Waals surface area contributed by atoms with Gasteiger partial charge in [-0.05, 0) is 13.3 Å². The monoisotopic (exact) mass is 215 g/mol. The molecule has 0 amide bonds. The molecule has 0 aromatic carbocycles. The first-order valence-electron chi connectivity index (χ1n) is 5.03. The molecule has 1 fully saturated rings. The number of aliphatic carboxylic acids is 2. The van der Waals surface area contributed by atoms with E-state index in [1.165, 1.54) is 0 Å². The van der Waals surface area contributed by atoms with Crippen molar-refractivity contribution in [2.24, 2.45) is 11.3 Å². The molecule has 3 atom stereocenters. The highest BCUT2D eigenvalue weighted by molar-refractivity contribution is 5.84. The molecule has 0 bridgehead atoms. The highest BCUT2D eigenvalue weighted by atomic mass is 16.4. The Labute approximate surface area is 88.5 Å². The standard InChI is InChI=1S/C10H17NO4/c1-4-10(8(14)15)5-11-9(3,6(10)2)7(12)13/h6,11H,4-5H2,1-3H3,(H,12,13)(H,14,15)/t6-,9-,10-/m0/s1. The summed E-state index contributed by atoms with van der Waals surface area (Å²) >= 11 is 0. The molecule has 0 aromatic heterocycles. The van der Waals surface area contributed by atoms with Gasteiger partial charge in [-0.2, -0.15) is 0 Å². The zero-order valence-corrected chi connectivity index (χ0v) is 9.20. The fourth-order valence-electron chi connectivity index (χ4n) is 2.30. The summed E-state index contributed by atoms with van der Waals surface area (Å²) in [5.41, 5.74) is -2.11. The zero-order valence-electron chi connectivity index (χ0n) is 9.20. The van der Waals surface area contributed by atoms with Gasteiger partial charge in [0.15, 0.2) is 0 Å². The third kappa shape index (κ3) is 1.42. The summed E-state index contributed by atoms with van der Waals surface area (Å²) in [5, 5.41) is 21.1. The van der Waals surface area contributed by atoms with Crippen LogP contribution < -0.4 is 5.32 Å². The Morgan fingerprint density at radius 3 is 2.13 bits per heavy atom. The highest BCUT2D eigenvalue weighted by Gasteiger charge is 2.59. The lowest BCUT2D eigenvalue weighted by Gasteiger charge is -2.32. The first kappa shape index (κ1) is 12.0. The molecule has 1 rings (SSSR count). The summed E-state index contributed by atoms with van der Waals surface area (Å²) in [6.07, 6.45) is 0.430. The van der Waals surface area contributed by atoms with Crippen molar-refractivity contribution in [1.29, 1.82) is 0 Å². The summed E-state index contributed by atoms with van der Waals surface area (Å²) in [4.78, 5) is 22.3. The van der Waals surface area contributed by atoms with Gasteiger partial charge in [0.25, 0.3) is 0 Å². The van der Waals surface area contributed by atoms with Gasteiger partial charge in [-0.25, -0.2) is 0 Å². The molecule has 0 spiro atoms. The minimum absolute atomic E-state index is 0.211. The third-order valence-electron chi connectivity index (χ3n) is 3.97. The summed E-state index contributed by atoms with van der Waals surface area (Å²) in [5.74, 6) is -2.36. The van der Waals surface area contributed by atoms with E-state index in [9.17, 15) is 14.7 Å². The predicted octanol–water partition coefficient (Wildman–Crippen LogP) is 0.550. The van der Waals surface area contributed by atoms with Gasteiger partial charge in [0.2, 0.25) is 0 Å². The molecule has 1 saturated heterocycles. The molecule has 1 heterocycles. The quantitative estimate of drug-likeness (QED) is 0.640. The van der Waals surface area contributed by atoms with Gasteiger partial charge in [-0.1, -0.05) is 13.8 Å². The fraction of sp³-hybridized carbons (Fsp3) is 0.800. The molecule has 0 radical (unpaired) electrons. The van der Waals surface area contributed by atoms with Gasteiger partial charge in [0.05, 0.1) is 5.41 Å². The smallest absolute Gasteiger partial charge is 0.323 e. The average Bonchev–Trinajstić information content (AvgIpc) is 2.43. The van der Waals surface area contributed by atoms with Crippen molar-refractivity contribution in [2.45, 2.75) is 32.7 Å². The Kier molecular flexibility index (Phi) is 2.78. The molecule has 1 aliphatic heterocycles. The van der Waals surface area contributed by atoms with Crippen LogP contribution in [0.15, 0.2) is 0 Å². The zero-order chi connectivity index (χ0) is 11.9. The topological polar surface area (TPSA) is 86.6 Å². The van der Waals surface area contributed by atoms with E-state index in [0.717, 1.165) is 0 Å². The van der Waals surface area contributed by atoms with Crippen LogP contribution in [0.1, 0.15) is 27.2 Å². The first-order chi connectivity index (χ1) is 6.81. The molecule has 5 heteroatoms. The Hall–Kier alpha value is -1.10. The molecule has 0 saturated carbocycles. The number of hydrogen-bond acceptors (Lipinski definition) is 3. The van der Waals surface area contributed by atoms with Crippen molar-refractivity contribution in [3.63, 3.8) is 0 Å². The molecular formula is C10H17NO4. The second kappa shape index (κ2) is 3.48. The molecular weight excluding hydrogens is 198 g/mol. The molecule has 0 aromatic rings. The maximum absolute atomic E-state index is 11.2. The van der Waals surface area contributed by atoms with E-state index in [-0.39, 0.29) is 6.54 Å². The van der Waals surface area contributed by atoms with Crippen molar-refractivity contribution < 1.29 is 19.8 Å². The minimum Gasteiger partial charge on any atom is -0.481 e. The summed E-state index contributed by atoms with van der Waals surface area (Å²) in [6.45, 7) is 5.22. The number of carboxylic acid groups (broad SMARTS) is 2. The number of carbonyl (C=O) groups is 2. The van der Waals surface area contributed by atoms with Gasteiger partial charge in [0.1, 0.15) is 5.54 Å². The summed E-state index contributed by atoms with van der Waals surface area (Å²) in [6, 6.07) is 0. The van der Waals surface area contributed by atoms with Crippen LogP contribution in [-0.2, 0) is 9.59 Å². The number of carboxylic acids is 2. The average molecular weight is 215 g/mol. The van der Waals surface area contributed by atoms with E-state index in [0.29, 0.717) is 6.42 Å². The second-order valence-electron chi connectivity index (χ2n) is 4.40. The molecule has 15 heavy (non-hydrogen) atoms. The molecule has 1 aliphatic rings. The third-order valence-corrected chi connectivity index (χ3v) is 3.97. The molecule has 3 N–H and O–H groups in total. The van der Waals surface area contributed by atoms with Gasteiger partial charge in [-0.15, -0.1) is 0 Å². The van der Waals surface area contributed by atoms with Crippen LogP contribution in [0.25, 0.3) is 0 Å². The Morgan fingerprint density at radius 1 is 1.40 bits per heavy atom. The predicted molar refractivity (Wildman–Crippen MR) is 53.6 cm³/mol. The first-order valence-corrected chi connectivity index (χ1v) is 5.03. The van der Waals surface area contributed by atoms with Crippen LogP contribution in [0.2, 0.25) is 0 Å². The Morgan fingerprint density at radius 2 is 1.93 bits per heavy atom. The lowest BCUT2D eigenvalue weighted by Crippen LogP contribution is -2.50. The van der Waals surface area contributed by atoms with Crippen molar-refractivity contribution in [3.05, 3.63) is 0 Å². The van der Waals surface area contributed by atoms with Crippen molar-refractivity contribution in [2.75, 3.05) is 6.54 Å². The van der Waals surface area contributed by atoms with Crippen LogP contribution >= 0.6 is 0 Å². The maximum Gasteiger partial charge on any atom is 0.323 e. The lowest BCUT2D eigenvalue weighted by atomic mass is 9.70. The van der Waals surface area contributed by atoms with Crippen LogP contribution in [-0.4, -0.2) is 34.2 Å². The van der Waals surface area contributed by atoms with Crippen LogP contribution in [0, 0.1) is 11.3 Å². The molecule has 0 aliphatic carbocycles. The normalized spacial score (nSPS) is 40.3. The van der Waals surface area contributed by atoms with Gasteiger partial charge in [0, 0.05) is 12.5 Å². The van der Waals surface area contributed by atoms with Crippen molar-refractivity contribution in [1.82, 2.24) is 5.32 Å². The van der Waals surface area contributed by atoms with Gasteiger partial charge in [-0.3, -0.25) is 9.59 Å². The highest BCUT2D eigenvalue weighted by Crippen LogP contribution is 2.43. The largest absolute Gasteiger partial charge is 0.481 e. The van der Waals surface area contributed by atoms with E-state index < -0.39 is 28.8 Å². The molecule has 0 unspecified atom stereocenters. The lowest BCUT2D eigenvalue weighted by molar-refractivity contribution is -0.153. The summed E-state index contributed by atoms with van der Waals surface area (Å²) in [7, 11) is 0. The fourth-order valence-corrected chi connectivity index (χ4v) is 2.30. The SMILES string of the molecule is CC[C@]1(C(=O)O)CN[C@](C)(C(=O)O)[C@@H]1C. The Bertz CT molecular complexity index is 304. The van der Waals surface area contributed by atoms with Crippen molar-refractivity contribution >= 4 is 11.9 Å². The van der Waals surface area contributed by atoms with E-state index >= 15 is 0 Å². The van der Waals surface area contributed by atoms with E-state index in [4.69, 9.17) is 5.11 Å². The van der Waals surface area contributed by atoms with Crippen LogP contribution in [0.4, 0.5) is 0 Å². The maximum atomic E-state index is 11.2.